The van der Waals surface area contributed by atoms with E-state index in [1.54, 1.807) is 18.2 Å². The molecule has 2 atom stereocenters. The fraction of sp³-hybridized carbons (Fsp3) is 0.462. The Labute approximate surface area is 101 Å². The second kappa shape index (κ2) is 4.75. The van der Waals surface area contributed by atoms with Crippen molar-refractivity contribution in [1.82, 2.24) is 4.90 Å². The Balaban J connectivity index is 2.04. The number of hydrogen-bond acceptors (Lipinski definition) is 3. The van der Waals surface area contributed by atoms with Crippen molar-refractivity contribution in [1.29, 1.82) is 0 Å². The van der Waals surface area contributed by atoms with Crippen molar-refractivity contribution in [2.75, 3.05) is 18.9 Å². The molecule has 0 bridgehead atoms. The second-order valence-electron chi connectivity index (χ2n) is 4.75. The molecule has 0 aliphatic carbocycles. The Morgan fingerprint density at radius 1 is 1.53 bits per heavy atom. The molecule has 4 nitrogen and oxygen atoms in total. The van der Waals surface area contributed by atoms with Gasteiger partial charge >= 0.3 is 5.97 Å². The lowest BCUT2D eigenvalue weighted by Crippen LogP contribution is -2.24. The standard InChI is InChI=1S/C13H18N2O2/c1-9-6-12(8-15(9)2)14-11-5-3-4-10(7-11)13(16)17/h3-5,7,9,12,14H,6,8H2,1-2H3,(H,16,17). The van der Waals surface area contributed by atoms with E-state index in [0.29, 0.717) is 17.6 Å². The van der Waals surface area contributed by atoms with Crippen molar-refractivity contribution >= 4 is 11.7 Å². The third-order valence-electron chi connectivity index (χ3n) is 3.37. The number of likely N-dealkylation sites (N-methyl/N-ethyl adjacent to an activating group) is 1. The van der Waals surface area contributed by atoms with Crippen LogP contribution in [0.4, 0.5) is 5.69 Å². The average Bonchev–Trinajstić information content (AvgIpc) is 2.58. The van der Waals surface area contributed by atoms with Gasteiger partial charge in [-0.15, -0.1) is 0 Å². The summed E-state index contributed by atoms with van der Waals surface area (Å²) >= 11 is 0. The van der Waals surface area contributed by atoms with Crippen LogP contribution in [0.2, 0.25) is 0 Å². The van der Waals surface area contributed by atoms with Crippen molar-refractivity contribution in [2.24, 2.45) is 0 Å². The molecule has 17 heavy (non-hydrogen) atoms. The summed E-state index contributed by atoms with van der Waals surface area (Å²) in [6, 6.07) is 7.96. The molecule has 1 saturated heterocycles. The largest absolute Gasteiger partial charge is 0.478 e. The Bertz CT molecular complexity index is 410. The van der Waals surface area contributed by atoms with Gasteiger partial charge in [0, 0.05) is 24.3 Å². The predicted molar refractivity (Wildman–Crippen MR) is 67.5 cm³/mol. The average molecular weight is 234 g/mol. The lowest BCUT2D eigenvalue weighted by molar-refractivity contribution is 0.0697. The predicted octanol–water partition coefficient (Wildman–Crippen LogP) is 1.89. The zero-order valence-corrected chi connectivity index (χ0v) is 10.2. The summed E-state index contributed by atoms with van der Waals surface area (Å²) < 4.78 is 0. The highest BCUT2D eigenvalue weighted by atomic mass is 16.4. The van der Waals surface area contributed by atoms with Crippen LogP contribution in [0.3, 0.4) is 0 Å². The second-order valence-corrected chi connectivity index (χ2v) is 4.75. The van der Waals surface area contributed by atoms with Crippen molar-refractivity contribution in [3.8, 4) is 0 Å². The Morgan fingerprint density at radius 2 is 2.29 bits per heavy atom. The van der Waals surface area contributed by atoms with Gasteiger partial charge in [-0.25, -0.2) is 4.79 Å². The van der Waals surface area contributed by atoms with Gasteiger partial charge in [0.25, 0.3) is 0 Å². The molecule has 1 fully saturated rings. The van der Waals surface area contributed by atoms with Crippen LogP contribution in [0.15, 0.2) is 24.3 Å². The maximum atomic E-state index is 10.9. The van der Waals surface area contributed by atoms with E-state index in [4.69, 9.17) is 5.11 Å². The van der Waals surface area contributed by atoms with Crippen LogP contribution in [-0.2, 0) is 0 Å². The molecule has 2 N–H and O–H groups in total. The van der Waals surface area contributed by atoms with Crippen molar-refractivity contribution in [2.45, 2.75) is 25.4 Å². The number of benzene rings is 1. The van der Waals surface area contributed by atoms with Gasteiger partial charge in [-0.3, -0.25) is 0 Å². The minimum absolute atomic E-state index is 0.328. The van der Waals surface area contributed by atoms with Crippen LogP contribution in [0.1, 0.15) is 23.7 Å². The van der Waals surface area contributed by atoms with Gasteiger partial charge in [0.2, 0.25) is 0 Å². The third-order valence-corrected chi connectivity index (χ3v) is 3.37. The molecule has 1 aromatic rings. The first-order valence-corrected chi connectivity index (χ1v) is 5.86. The molecule has 1 aliphatic heterocycles. The molecule has 0 saturated carbocycles. The smallest absolute Gasteiger partial charge is 0.335 e. The van der Waals surface area contributed by atoms with Crippen molar-refractivity contribution in [3.63, 3.8) is 0 Å². The fourth-order valence-electron chi connectivity index (χ4n) is 2.28. The molecule has 1 aromatic carbocycles. The Hall–Kier alpha value is -1.55. The zero-order valence-electron chi connectivity index (χ0n) is 10.2. The molecule has 1 aliphatic rings. The number of hydrogen-bond donors (Lipinski definition) is 2. The Morgan fingerprint density at radius 3 is 2.88 bits per heavy atom. The summed E-state index contributed by atoms with van der Waals surface area (Å²) in [6.07, 6.45) is 1.09. The molecule has 0 aromatic heterocycles. The van der Waals surface area contributed by atoms with Crippen LogP contribution in [0, 0.1) is 0 Å². The SMILES string of the molecule is CC1CC(Nc2cccc(C(=O)O)c2)CN1C. The highest BCUT2D eigenvalue weighted by Crippen LogP contribution is 2.20. The molecule has 1 heterocycles. The lowest BCUT2D eigenvalue weighted by atomic mass is 10.1. The van der Waals surface area contributed by atoms with E-state index in [0.717, 1.165) is 18.7 Å². The van der Waals surface area contributed by atoms with E-state index in [9.17, 15) is 4.79 Å². The molecule has 0 amide bonds. The van der Waals surface area contributed by atoms with Gasteiger partial charge < -0.3 is 15.3 Å². The highest BCUT2D eigenvalue weighted by Gasteiger charge is 2.25. The van der Waals surface area contributed by atoms with Crippen molar-refractivity contribution in [3.05, 3.63) is 29.8 Å². The first-order chi connectivity index (χ1) is 8.06. The summed E-state index contributed by atoms with van der Waals surface area (Å²) in [5.41, 5.74) is 1.21. The van der Waals surface area contributed by atoms with E-state index >= 15 is 0 Å². The minimum Gasteiger partial charge on any atom is -0.478 e. The monoisotopic (exact) mass is 234 g/mol. The first kappa shape index (κ1) is 11.9. The number of carboxylic acids is 1. The molecular formula is C13H18N2O2. The normalized spacial score (nSPS) is 24.8. The van der Waals surface area contributed by atoms with Gasteiger partial charge in [-0.1, -0.05) is 6.07 Å². The van der Waals surface area contributed by atoms with Crippen LogP contribution in [0.25, 0.3) is 0 Å². The summed E-state index contributed by atoms with van der Waals surface area (Å²) in [7, 11) is 2.11. The number of nitrogens with one attached hydrogen (secondary N) is 1. The number of carboxylic acid groups (broad SMARTS) is 1. The molecule has 2 unspecified atom stereocenters. The van der Waals surface area contributed by atoms with E-state index in [-0.39, 0.29) is 0 Å². The summed E-state index contributed by atoms with van der Waals surface area (Å²) in [5.74, 6) is -0.884. The van der Waals surface area contributed by atoms with Gasteiger partial charge in [0.1, 0.15) is 0 Å². The van der Waals surface area contributed by atoms with E-state index < -0.39 is 5.97 Å². The van der Waals surface area contributed by atoms with Crippen LogP contribution in [-0.4, -0.2) is 41.7 Å². The summed E-state index contributed by atoms with van der Waals surface area (Å²) in [6.45, 7) is 3.20. The van der Waals surface area contributed by atoms with Gasteiger partial charge in [0.05, 0.1) is 5.56 Å². The fourth-order valence-corrected chi connectivity index (χ4v) is 2.28. The molecule has 92 valence electrons. The minimum atomic E-state index is -0.884. The highest BCUT2D eigenvalue weighted by molar-refractivity contribution is 5.88. The number of aromatic carboxylic acids is 1. The van der Waals surface area contributed by atoms with E-state index in [2.05, 4.69) is 24.2 Å². The summed E-state index contributed by atoms with van der Waals surface area (Å²) in [4.78, 5) is 13.2. The lowest BCUT2D eigenvalue weighted by Gasteiger charge is -2.14. The Kier molecular flexibility index (Phi) is 3.33. The zero-order chi connectivity index (χ0) is 12.4. The number of nitrogens with zero attached hydrogens (tertiary/aromatic N) is 1. The maximum Gasteiger partial charge on any atom is 0.335 e. The number of anilines is 1. The van der Waals surface area contributed by atoms with Gasteiger partial charge in [-0.2, -0.15) is 0 Å². The molecule has 4 heteroatoms. The van der Waals surface area contributed by atoms with Gasteiger partial charge in [-0.05, 0) is 38.6 Å². The summed E-state index contributed by atoms with van der Waals surface area (Å²) in [5, 5.41) is 12.3. The number of likely N-dealkylation sites (tertiary alicyclic amines) is 1. The quantitative estimate of drug-likeness (QED) is 0.838. The first-order valence-electron chi connectivity index (χ1n) is 5.86. The van der Waals surface area contributed by atoms with Crippen LogP contribution >= 0.6 is 0 Å². The molecule has 0 spiro atoms. The number of rotatable bonds is 3. The topological polar surface area (TPSA) is 52.6 Å². The third kappa shape index (κ3) is 2.77. The van der Waals surface area contributed by atoms with E-state index in [1.165, 1.54) is 0 Å². The molecule has 0 radical (unpaired) electrons. The maximum absolute atomic E-state index is 10.9. The molecular weight excluding hydrogens is 216 g/mol. The molecule has 2 rings (SSSR count). The van der Waals surface area contributed by atoms with Gasteiger partial charge in [0.15, 0.2) is 0 Å². The van der Waals surface area contributed by atoms with E-state index in [1.807, 2.05) is 6.07 Å². The van der Waals surface area contributed by atoms with Crippen LogP contribution < -0.4 is 5.32 Å². The number of carbonyl (C=O) groups is 1. The van der Waals surface area contributed by atoms with Crippen LogP contribution in [0.5, 0.6) is 0 Å². The van der Waals surface area contributed by atoms with Crippen molar-refractivity contribution < 1.29 is 9.90 Å².